The van der Waals surface area contributed by atoms with E-state index in [1.165, 1.54) is 30.6 Å². The predicted octanol–water partition coefficient (Wildman–Crippen LogP) is 2.31. The first kappa shape index (κ1) is 16.2. The number of carbonyl (C=O) groups is 2. The number of amides is 1. The third-order valence-corrected chi connectivity index (χ3v) is 4.35. The molecule has 0 aliphatic carbocycles. The first-order valence-electron chi connectivity index (χ1n) is 6.71. The molecule has 1 aromatic heterocycles. The van der Waals surface area contributed by atoms with Crippen molar-refractivity contribution in [1.82, 2.24) is 5.32 Å². The van der Waals surface area contributed by atoms with Gasteiger partial charge in [-0.1, -0.05) is 0 Å². The van der Waals surface area contributed by atoms with Gasteiger partial charge in [-0.25, -0.2) is 4.79 Å². The zero-order valence-corrected chi connectivity index (χ0v) is 13.1. The summed E-state index contributed by atoms with van der Waals surface area (Å²) in [6, 6.07) is 8.08. The van der Waals surface area contributed by atoms with E-state index in [9.17, 15) is 14.7 Å². The van der Waals surface area contributed by atoms with E-state index >= 15 is 0 Å². The van der Waals surface area contributed by atoms with E-state index in [-0.39, 0.29) is 12.5 Å². The molecule has 1 heterocycles. The summed E-state index contributed by atoms with van der Waals surface area (Å²) in [6.07, 6.45) is -0.724. The highest BCUT2D eigenvalue weighted by Gasteiger charge is 2.14. The average molecular weight is 319 g/mol. The Morgan fingerprint density at radius 1 is 1.23 bits per heavy atom. The summed E-state index contributed by atoms with van der Waals surface area (Å²) in [7, 11) is 1.30. The van der Waals surface area contributed by atoms with E-state index in [2.05, 4.69) is 10.1 Å². The van der Waals surface area contributed by atoms with Gasteiger partial charge in [0.1, 0.15) is 6.10 Å². The highest BCUT2D eigenvalue weighted by Crippen LogP contribution is 2.23. The van der Waals surface area contributed by atoms with E-state index in [1.54, 1.807) is 12.1 Å². The van der Waals surface area contributed by atoms with Crippen LogP contribution in [0.25, 0.3) is 0 Å². The second kappa shape index (κ2) is 7.20. The molecule has 0 aliphatic rings. The number of carbonyl (C=O) groups excluding carboxylic acids is 2. The van der Waals surface area contributed by atoms with Gasteiger partial charge in [0.15, 0.2) is 0 Å². The number of nitrogens with one attached hydrogen (secondary N) is 1. The van der Waals surface area contributed by atoms with E-state index in [4.69, 9.17) is 0 Å². The van der Waals surface area contributed by atoms with Gasteiger partial charge in [-0.2, -0.15) is 0 Å². The number of ether oxygens (including phenoxy) is 1. The molecule has 0 spiro atoms. The molecule has 1 aromatic carbocycles. The largest absolute Gasteiger partial charge is 0.465 e. The molecular weight excluding hydrogens is 302 g/mol. The van der Waals surface area contributed by atoms with Crippen molar-refractivity contribution in [3.8, 4) is 0 Å². The minimum absolute atomic E-state index is 0.138. The van der Waals surface area contributed by atoms with Crippen molar-refractivity contribution >= 4 is 23.2 Å². The van der Waals surface area contributed by atoms with Gasteiger partial charge < -0.3 is 15.2 Å². The van der Waals surface area contributed by atoms with Gasteiger partial charge in [-0.05, 0) is 48.2 Å². The van der Waals surface area contributed by atoms with Crippen molar-refractivity contribution in [2.75, 3.05) is 13.7 Å². The predicted molar refractivity (Wildman–Crippen MR) is 84.1 cm³/mol. The number of hydrogen-bond donors (Lipinski definition) is 2. The zero-order valence-electron chi connectivity index (χ0n) is 12.3. The summed E-state index contributed by atoms with van der Waals surface area (Å²) < 4.78 is 4.60. The Balaban J connectivity index is 1.95. The van der Waals surface area contributed by atoms with Gasteiger partial charge in [-0.15, -0.1) is 11.3 Å². The van der Waals surface area contributed by atoms with Crippen LogP contribution in [0.5, 0.6) is 0 Å². The normalized spacial score (nSPS) is 11.8. The number of aliphatic hydroxyl groups is 1. The molecule has 0 fully saturated rings. The van der Waals surface area contributed by atoms with Crippen LogP contribution in [-0.4, -0.2) is 30.6 Å². The summed E-state index contributed by atoms with van der Waals surface area (Å²) in [6.45, 7) is 2.06. The Morgan fingerprint density at radius 2 is 1.86 bits per heavy atom. The molecule has 0 bridgehead atoms. The van der Waals surface area contributed by atoms with Crippen LogP contribution in [0.2, 0.25) is 0 Å². The van der Waals surface area contributed by atoms with E-state index in [1.807, 2.05) is 18.4 Å². The fourth-order valence-corrected chi connectivity index (χ4v) is 2.90. The van der Waals surface area contributed by atoms with Crippen molar-refractivity contribution in [1.29, 1.82) is 0 Å². The lowest BCUT2D eigenvalue weighted by Crippen LogP contribution is -2.28. The van der Waals surface area contributed by atoms with Gasteiger partial charge in [0.25, 0.3) is 5.91 Å². The van der Waals surface area contributed by atoms with Crippen LogP contribution in [0, 0.1) is 6.92 Å². The number of thiophene rings is 1. The van der Waals surface area contributed by atoms with Crippen LogP contribution in [0.3, 0.4) is 0 Å². The van der Waals surface area contributed by atoms with Crippen molar-refractivity contribution in [2.45, 2.75) is 13.0 Å². The maximum absolute atomic E-state index is 12.0. The monoisotopic (exact) mass is 319 g/mol. The van der Waals surface area contributed by atoms with Crippen molar-refractivity contribution in [2.24, 2.45) is 0 Å². The Bertz CT molecular complexity index is 663. The number of aryl methyl sites for hydroxylation is 1. The molecule has 0 saturated heterocycles. The van der Waals surface area contributed by atoms with Crippen LogP contribution < -0.4 is 5.32 Å². The maximum atomic E-state index is 12.0. The lowest BCUT2D eigenvalue weighted by molar-refractivity contribution is 0.0600. The standard InChI is InChI=1S/C16H17NO4S/c1-10-7-8-22-14(10)13(18)9-17-15(19)11-3-5-12(6-4-11)16(20)21-2/h3-8,13,18H,9H2,1-2H3,(H,17,19)/t13-/m1/s1. The lowest BCUT2D eigenvalue weighted by atomic mass is 10.1. The van der Waals surface area contributed by atoms with Crippen LogP contribution in [0.4, 0.5) is 0 Å². The molecule has 0 aliphatic heterocycles. The number of aliphatic hydroxyl groups excluding tert-OH is 1. The number of benzene rings is 1. The quantitative estimate of drug-likeness (QED) is 0.829. The Kier molecular flexibility index (Phi) is 5.30. The molecule has 22 heavy (non-hydrogen) atoms. The second-order valence-corrected chi connectivity index (χ2v) is 5.71. The third kappa shape index (κ3) is 3.72. The molecule has 0 saturated carbocycles. The average Bonchev–Trinajstić information content (AvgIpc) is 2.97. The summed E-state index contributed by atoms with van der Waals surface area (Å²) in [5.74, 6) is -0.750. The van der Waals surface area contributed by atoms with Gasteiger partial charge in [0, 0.05) is 17.0 Å². The number of rotatable bonds is 5. The first-order chi connectivity index (χ1) is 10.5. The Labute approximate surface area is 132 Å². The summed E-state index contributed by atoms with van der Waals surface area (Å²) in [5, 5.41) is 14.7. The molecule has 2 N–H and O–H groups in total. The van der Waals surface area contributed by atoms with Crippen LogP contribution in [0.15, 0.2) is 35.7 Å². The minimum Gasteiger partial charge on any atom is -0.465 e. The highest BCUT2D eigenvalue weighted by molar-refractivity contribution is 7.10. The van der Waals surface area contributed by atoms with E-state index < -0.39 is 12.1 Å². The lowest BCUT2D eigenvalue weighted by Gasteiger charge is -2.11. The topological polar surface area (TPSA) is 75.6 Å². The fourth-order valence-electron chi connectivity index (χ4n) is 1.99. The smallest absolute Gasteiger partial charge is 0.337 e. The number of esters is 1. The molecular formula is C16H17NO4S. The Morgan fingerprint density at radius 3 is 2.41 bits per heavy atom. The molecule has 2 rings (SSSR count). The molecule has 1 amide bonds. The Hall–Kier alpha value is -2.18. The molecule has 0 radical (unpaired) electrons. The number of methoxy groups -OCH3 is 1. The van der Waals surface area contributed by atoms with Crippen LogP contribution in [0.1, 0.15) is 37.3 Å². The molecule has 0 unspecified atom stereocenters. The fraction of sp³-hybridized carbons (Fsp3) is 0.250. The summed E-state index contributed by atoms with van der Waals surface area (Å²) in [5.41, 5.74) is 1.81. The SMILES string of the molecule is COC(=O)c1ccc(C(=O)NC[C@@H](O)c2sccc2C)cc1. The van der Waals surface area contributed by atoms with E-state index in [0.29, 0.717) is 11.1 Å². The molecule has 1 atom stereocenters. The van der Waals surface area contributed by atoms with Crippen molar-refractivity contribution in [3.05, 3.63) is 57.3 Å². The summed E-state index contributed by atoms with van der Waals surface area (Å²) in [4.78, 5) is 24.2. The molecule has 116 valence electrons. The molecule has 6 heteroatoms. The van der Waals surface area contributed by atoms with Gasteiger partial charge in [0.2, 0.25) is 0 Å². The van der Waals surface area contributed by atoms with Gasteiger partial charge in [0.05, 0.1) is 12.7 Å². The third-order valence-electron chi connectivity index (χ3n) is 3.23. The summed E-state index contributed by atoms with van der Waals surface area (Å²) >= 11 is 1.46. The maximum Gasteiger partial charge on any atom is 0.337 e. The van der Waals surface area contributed by atoms with Gasteiger partial charge >= 0.3 is 5.97 Å². The highest BCUT2D eigenvalue weighted by atomic mass is 32.1. The van der Waals surface area contributed by atoms with E-state index in [0.717, 1.165) is 10.4 Å². The van der Waals surface area contributed by atoms with Crippen LogP contribution >= 0.6 is 11.3 Å². The number of hydrogen-bond acceptors (Lipinski definition) is 5. The van der Waals surface area contributed by atoms with Crippen molar-refractivity contribution in [3.63, 3.8) is 0 Å². The molecule has 5 nitrogen and oxygen atoms in total. The minimum atomic E-state index is -0.724. The second-order valence-electron chi connectivity index (χ2n) is 4.76. The van der Waals surface area contributed by atoms with Crippen LogP contribution in [-0.2, 0) is 4.74 Å². The zero-order chi connectivity index (χ0) is 16.1. The molecule has 2 aromatic rings. The van der Waals surface area contributed by atoms with Crippen molar-refractivity contribution < 1.29 is 19.4 Å². The first-order valence-corrected chi connectivity index (χ1v) is 7.59. The van der Waals surface area contributed by atoms with Gasteiger partial charge in [-0.3, -0.25) is 4.79 Å².